The van der Waals surface area contributed by atoms with Crippen LogP contribution in [0.5, 0.6) is 0 Å². The van der Waals surface area contributed by atoms with Crippen LogP contribution >= 0.6 is 11.6 Å². The second kappa shape index (κ2) is 5.86. The normalized spacial score (nSPS) is 14.2. The molecule has 7 heteroatoms. The van der Waals surface area contributed by atoms with E-state index in [9.17, 15) is 16.8 Å². The number of hydrogen-bond acceptors (Lipinski definition) is 4. The zero-order chi connectivity index (χ0) is 12.1. The van der Waals surface area contributed by atoms with Gasteiger partial charge in [-0.15, -0.1) is 0 Å². The molecule has 0 radical (unpaired) electrons. The molecule has 0 unspecified atom stereocenters. The Morgan fingerprint density at radius 1 is 1.07 bits per heavy atom. The number of halogens is 1. The van der Waals surface area contributed by atoms with Gasteiger partial charge in [0.2, 0.25) is 0 Å². The van der Waals surface area contributed by atoms with Crippen LogP contribution in [0.3, 0.4) is 0 Å². The van der Waals surface area contributed by atoms with Crippen LogP contribution in [-0.4, -0.2) is 28.3 Å². The standard InChI is InChI=1S/C8H15ClO4S2/c1-3-5-14(10,11)7-8(9)15(12,13)6-4-2/h7H,3-6H2,1-2H3. The van der Waals surface area contributed by atoms with Crippen LogP contribution in [-0.2, 0) is 19.7 Å². The van der Waals surface area contributed by atoms with E-state index in [-0.39, 0.29) is 11.5 Å². The minimum atomic E-state index is -3.61. The lowest BCUT2D eigenvalue weighted by Gasteiger charge is -2.01. The summed E-state index contributed by atoms with van der Waals surface area (Å²) in [4.78, 5) is 0. The Hall–Kier alpha value is -0.0700. The first kappa shape index (κ1) is 14.9. The lowest BCUT2D eigenvalue weighted by atomic mass is 10.6. The monoisotopic (exact) mass is 274 g/mol. The Morgan fingerprint density at radius 2 is 1.53 bits per heavy atom. The van der Waals surface area contributed by atoms with Crippen molar-refractivity contribution in [3.05, 3.63) is 9.77 Å². The molecular weight excluding hydrogens is 260 g/mol. The van der Waals surface area contributed by atoms with Crippen molar-refractivity contribution in [3.63, 3.8) is 0 Å². The largest absolute Gasteiger partial charge is 0.224 e. The van der Waals surface area contributed by atoms with Gasteiger partial charge in [0.05, 0.1) is 16.9 Å². The summed E-state index contributed by atoms with van der Waals surface area (Å²) in [5, 5.41) is 0.642. The van der Waals surface area contributed by atoms with Gasteiger partial charge in [-0.3, -0.25) is 0 Å². The van der Waals surface area contributed by atoms with E-state index in [4.69, 9.17) is 11.6 Å². The maximum atomic E-state index is 11.3. The summed E-state index contributed by atoms with van der Waals surface area (Å²) >= 11 is 5.47. The van der Waals surface area contributed by atoms with Crippen LogP contribution < -0.4 is 0 Å². The van der Waals surface area contributed by atoms with Gasteiger partial charge >= 0.3 is 0 Å². The second-order valence-electron chi connectivity index (χ2n) is 3.11. The lowest BCUT2D eigenvalue weighted by molar-refractivity contribution is 0.598. The van der Waals surface area contributed by atoms with E-state index < -0.39 is 24.0 Å². The molecule has 15 heavy (non-hydrogen) atoms. The Bertz CT molecular complexity index is 420. The molecular formula is C8H15ClO4S2. The third-order valence-electron chi connectivity index (χ3n) is 1.53. The van der Waals surface area contributed by atoms with Gasteiger partial charge in [0, 0.05) is 0 Å². The van der Waals surface area contributed by atoms with Crippen LogP contribution in [0, 0.1) is 0 Å². The van der Waals surface area contributed by atoms with E-state index in [0.717, 1.165) is 0 Å². The van der Waals surface area contributed by atoms with Crippen LogP contribution in [0.1, 0.15) is 26.7 Å². The Labute approximate surface area is 96.2 Å². The Kier molecular flexibility index (Phi) is 5.84. The molecule has 0 N–H and O–H groups in total. The maximum Gasteiger partial charge on any atom is 0.189 e. The molecule has 0 heterocycles. The van der Waals surface area contributed by atoms with Crippen molar-refractivity contribution in [2.75, 3.05) is 11.5 Å². The molecule has 0 aliphatic rings. The summed E-state index contributed by atoms with van der Waals surface area (Å²) in [6.07, 6.45) is 0.830. The van der Waals surface area contributed by atoms with E-state index in [2.05, 4.69) is 0 Å². The first-order chi connectivity index (χ1) is 6.75. The van der Waals surface area contributed by atoms with Gasteiger partial charge in [-0.05, 0) is 12.8 Å². The van der Waals surface area contributed by atoms with E-state index in [1.807, 2.05) is 0 Å². The molecule has 0 saturated heterocycles. The van der Waals surface area contributed by atoms with Crippen LogP contribution in [0.2, 0.25) is 0 Å². The minimum Gasteiger partial charge on any atom is -0.224 e. The van der Waals surface area contributed by atoms with Gasteiger partial charge in [0.25, 0.3) is 0 Å². The average molecular weight is 275 g/mol. The third kappa shape index (κ3) is 5.53. The van der Waals surface area contributed by atoms with E-state index in [1.54, 1.807) is 13.8 Å². The Morgan fingerprint density at radius 3 is 1.93 bits per heavy atom. The zero-order valence-electron chi connectivity index (χ0n) is 8.73. The average Bonchev–Trinajstić information content (AvgIpc) is 2.02. The van der Waals surface area contributed by atoms with Gasteiger partial charge in [-0.1, -0.05) is 25.4 Å². The lowest BCUT2D eigenvalue weighted by Crippen LogP contribution is -2.08. The molecule has 0 saturated carbocycles. The zero-order valence-corrected chi connectivity index (χ0v) is 11.1. The number of hydrogen-bond donors (Lipinski definition) is 0. The van der Waals surface area contributed by atoms with Gasteiger partial charge in [-0.2, -0.15) is 0 Å². The summed E-state index contributed by atoms with van der Waals surface area (Å²) in [6.45, 7) is 3.38. The summed E-state index contributed by atoms with van der Waals surface area (Å²) < 4.78 is 44.6. The SMILES string of the molecule is CCCS(=O)(=O)C=C(Cl)S(=O)(=O)CCC. The quantitative estimate of drug-likeness (QED) is 0.739. The molecule has 0 atom stereocenters. The summed E-state index contributed by atoms with van der Waals surface area (Å²) in [7, 11) is -7.12. The fourth-order valence-electron chi connectivity index (χ4n) is 0.924. The van der Waals surface area contributed by atoms with Crippen molar-refractivity contribution >= 4 is 31.3 Å². The smallest absolute Gasteiger partial charge is 0.189 e. The highest BCUT2D eigenvalue weighted by Crippen LogP contribution is 2.16. The predicted octanol–water partition coefficient (Wildman–Crippen LogP) is 1.67. The molecule has 0 aromatic carbocycles. The second-order valence-corrected chi connectivity index (χ2v) is 7.79. The van der Waals surface area contributed by atoms with Crippen molar-refractivity contribution in [3.8, 4) is 0 Å². The molecule has 0 aromatic rings. The van der Waals surface area contributed by atoms with E-state index in [0.29, 0.717) is 18.2 Å². The minimum absolute atomic E-state index is 0.0924. The highest BCUT2D eigenvalue weighted by Gasteiger charge is 2.18. The van der Waals surface area contributed by atoms with E-state index in [1.165, 1.54) is 0 Å². The van der Waals surface area contributed by atoms with Crippen molar-refractivity contribution in [1.29, 1.82) is 0 Å². The predicted molar refractivity (Wildman–Crippen MR) is 62.1 cm³/mol. The highest BCUT2D eigenvalue weighted by atomic mass is 35.5. The Balaban J connectivity index is 5.02. The molecule has 0 aliphatic carbocycles. The molecule has 0 fully saturated rings. The molecule has 0 aromatic heterocycles. The van der Waals surface area contributed by atoms with Crippen molar-refractivity contribution in [2.45, 2.75) is 26.7 Å². The topological polar surface area (TPSA) is 68.3 Å². The molecule has 90 valence electrons. The van der Waals surface area contributed by atoms with Crippen molar-refractivity contribution < 1.29 is 16.8 Å². The molecule has 0 spiro atoms. The summed E-state index contributed by atoms with van der Waals surface area (Å²) in [6, 6.07) is 0. The first-order valence-corrected chi connectivity index (χ1v) is 8.32. The van der Waals surface area contributed by atoms with Crippen molar-refractivity contribution in [1.82, 2.24) is 0 Å². The van der Waals surface area contributed by atoms with Gasteiger partial charge in [0.15, 0.2) is 19.7 Å². The van der Waals surface area contributed by atoms with Crippen LogP contribution in [0.25, 0.3) is 0 Å². The van der Waals surface area contributed by atoms with Crippen LogP contribution in [0.4, 0.5) is 0 Å². The summed E-state index contributed by atoms with van der Waals surface area (Å²) in [5.74, 6) is -0.227. The first-order valence-electron chi connectivity index (χ1n) is 4.58. The number of rotatable bonds is 6. The van der Waals surface area contributed by atoms with E-state index >= 15 is 0 Å². The molecule has 0 aliphatic heterocycles. The molecule has 0 rings (SSSR count). The molecule has 0 amide bonds. The van der Waals surface area contributed by atoms with Gasteiger partial charge in [-0.25, -0.2) is 16.8 Å². The van der Waals surface area contributed by atoms with Crippen LogP contribution in [0.15, 0.2) is 9.77 Å². The fraction of sp³-hybridized carbons (Fsp3) is 0.750. The summed E-state index contributed by atoms with van der Waals surface area (Å²) in [5.41, 5.74) is 0. The van der Waals surface area contributed by atoms with Gasteiger partial charge in [0.1, 0.15) is 4.36 Å². The molecule has 0 bridgehead atoms. The molecule has 4 nitrogen and oxygen atoms in total. The van der Waals surface area contributed by atoms with Gasteiger partial charge < -0.3 is 0 Å². The van der Waals surface area contributed by atoms with Crippen molar-refractivity contribution in [2.24, 2.45) is 0 Å². The maximum absolute atomic E-state index is 11.3. The third-order valence-corrected chi connectivity index (χ3v) is 5.85. The fourth-order valence-corrected chi connectivity index (χ4v) is 4.29. The highest BCUT2D eigenvalue weighted by molar-refractivity contribution is 7.99. The number of sulfone groups is 2.